The van der Waals surface area contributed by atoms with E-state index in [1.165, 1.54) is 26.2 Å². The number of hydrogen-bond donors (Lipinski definition) is 1. The maximum atomic E-state index is 13.9. The van der Waals surface area contributed by atoms with Gasteiger partial charge in [0.05, 0.1) is 23.9 Å². The van der Waals surface area contributed by atoms with E-state index in [1.54, 1.807) is 13.8 Å². The number of carbonyl (C=O) groups excluding carboxylic acids is 3. The summed E-state index contributed by atoms with van der Waals surface area (Å²) in [7, 11) is 1.24. The third kappa shape index (κ3) is 3.85. The van der Waals surface area contributed by atoms with E-state index in [2.05, 4.69) is 20.9 Å². The van der Waals surface area contributed by atoms with Gasteiger partial charge >= 0.3 is 11.9 Å². The second-order valence-electron chi connectivity index (χ2n) is 5.65. The fraction of sp³-hybridized carbons (Fsp3) is 0.278. The molecule has 0 saturated carbocycles. The number of Topliss-reactive ketones (excluding diaryl/α,β-unsaturated/α-hetero) is 1. The Kier molecular flexibility index (Phi) is 5.97. The number of ketones is 1. The first-order valence-corrected chi connectivity index (χ1v) is 8.44. The lowest BCUT2D eigenvalue weighted by Gasteiger charge is -2.12. The number of halogens is 2. The Bertz CT molecular complexity index is 890. The van der Waals surface area contributed by atoms with Crippen LogP contribution in [0.25, 0.3) is 0 Å². The molecule has 2 aromatic rings. The first-order valence-electron chi connectivity index (χ1n) is 7.65. The summed E-state index contributed by atoms with van der Waals surface area (Å²) in [5, 5.41) is 0. The maximum absolute atomic E-state index is 13.9. The van der Waals surface area contributed by atoms with E-state index in [1.807, 2.05) is 0 Å². The van der Waals surface area contributed by atoms with Crippen LogP contribution >= 0.6 is 15.9 Å². The van der Waals surface area contributed by atoms with E-state index in [4.69, 9.17) is 9.47 Å². The van der Waals surface area contributed by atoms with Crippen LogP contribution in [0.15, 0.2) is 22.7 Å². The van der Waals surface area contributed by atoms with Crippen molar-refractivity contribution in [3.8, 4) is 0 Å². The second-order valence-corrected chi connectivity index (χ2v) is 6.57. The number of nitrogens with one attached hydrogen (secondary N) is 1. The highest BCUT2D eigenvalue weighted by Gasteiger charge is 2.28. The molecule has 1 aromatic heterocycles. The summed E-state index contributed by atoms with van der Waals surface area (Å²) in [5.41, 5.74) is 0.988. The lowest BCUT2D eigenvalue weighted by Crippen LogP contribution is -2.25. The Balaban J connectivity index is 2.22. The maximum Gasteiger partial charge on any atom is 0.341 e. The lowest BCUT2D eigenvalue weighted by atomic mass is 10.1. The number of aromatic nitrogens is 1. The normalized spacial score (nSPS) is 11.8. The lowest BCUT2D eigenvalue weighted by molar-refractivity contribution is 0.0312. The molecule has 2 rings (SSSR count). The molecule has 1 unspecified atom stereocenters. The minimum Gasteiger partial charge on any atom is -0.465 e. The standard InChI is InChI=1S/C18H17BrFNO5/c1-8-14(18(24)25-4)9(2)21-15(8)16(22)10(3)26-17(23)12-6-5-11(19)7-13(12)20/h5-7,10,21H,1-4H3. The van der Waals surface area contributed by atoms with Gasteiger partial charge in [-0.2, -0.15) is 0 Å². The van der Waals surface area contributed by atoms with Crippen molar-refractivity contribution in [1.82, 2.24) is 4.98 Å². The Morgan fingerprint density at radius 1 is 1.19 bits per heavy atom. The highest BCUT2D eigenvalue weighted by Crippen LogP contribution is 2.22. The molecule has 0 aliphatic heterocycles. The van der Waals surface area contributed by atoms with Gasteiger partial charge in [-0.3, -0.25) is 4.79 Å². The van der Waals surface area contributed by atoms with Crippen molar-refractivity contribution in [2.24, 2.45) is 0 Å². The minimum atomic E-state index is -1.17. The van der Waals surface area contributed by atoms with Crippen LogP contribution in [0, 0.1) is 19.7 Å². The Morgan fingerprint density at radius 3 is 2.42 bits per heavy atom. The number of aromatic amines is 1. The molecule has 0 aliphatic rings. The van der Waals surface area contributed by atoms with Gasteiger partial charge in [-0.15, -0.1) is 0 Å². The SMILES string of the molecule is COC(=O)c1c(C)[nH]c(C(=O)C(C)OC(=O)c2ccc(Br)cc2F)c1C. The number of carbonyl (C=O) groups is 3. The Morgan fingerprint density at radius 2 is 1.85 bits per heavy atom. The topological polar surface area (TPSA) is 85.5 Å². The number of benzene rings is 1. The molecule has 26 heavy (non-hydrogen) atoms. The fourth-order valence-electron chi connectivity index (χ4n) is 2.54. The Labute approximate surface area is 157 Å². The molecule has 8 heteroatoms. The molecule has 6 nitrogen and oxygen atoms in total. The van der Waals surface area contributed by atoms with Gasteiger partial charge in [-0.05, 0) is 44.5 Å². The highest BCUT2D eigenvalue weighted by molar-refractivity contribution is 9.10. The van der Waals surface area contributed by atoms with Crippen molar-refractivity contribution in [2.75, 3.05) is 7.11 Å². The van der Waals surface area contributed by atoms with Crippen LogP contribution in [0.1, 0.15) is 49.4 Å². The molecule has 0 amide bonds. The number of methoxy groups -OCH3 is 1. The molecular formula is C18H17BrFNO5. The summed E-state index contributed by atoms with van der Waals surface area (Å²) in [5.74, 6) is -2.82. The molecule has 0 saturated heterocycles. The third-order valence-corrected chi connectivity index (χ3v) is 4.37. The smallest absolute Gasteiger partial charge is 0.341 e. The zero-order valence-electron chi connectivity index (χ0n) is 14.6. The fourth-order valence-corrected chi connectivity index (χ4v) is 2.87. The highest BCUT2D eigenvalue weighted by atomic mass is 79.9. The number of H-pyrrole nitrogens is 1. The van der Waals surface area contributed by atoms with Gasteiger partial charge in [0.25, 0.3) is 0 Å². The van der Waals surface area contributed by atoms with Crippen molar-refractivity contribution in [1.29, 1.82) is 0 Å². The predicted molar refractivity (Wildman–Crippen MR) is 94.9 cm³/mol. The molecule has 0 spiro atoms. The summed E-state index contributed by atoms with van der Waals surface area (Å²) in [6.07, 6.45) is -1.17. The molecule has 138 valence electrons. The summed E-state index contributed by atoms with van der Waals surface area (Å²) in [6, 6.07) is 3.88. The number of esters is 2. The van der Waals surface area contributed by atoms with Crippen LogP contribution in [0.2, 0.25) is 0 Å². The molecular weight excluding hydrogens is 409 g/mol. The molecule has 1 aromatic carbocycles. The third-order valence-electron chi connectivity index (χ3n) is 3.88. The van der Waals surface area contributed by atoms with E-state index in [9.17, 15) is 18.8 Å². The summed E-state index contributed by atoms with van der Waals surface area (Å²) < 4.78 is 24.1. The van der Waals surface area contributed by atoms with Gasteiger partial charge in [-0.1, -0.05) is 15.9 Å². The van der Waals surface area contributed by atoms with Crippen molar-refractivity contribution in [2.45, 2.75) is 26.9 Å². The number of ether oxygens (including phenoxy) is 2. The monoisotopic (exact) mass is 425 g/mol. The quantitative estimate of drug-likeness (QED) is 0.582. The molecule has 0 aliphatic carbocycles. The van der Waals surface area contributed by atoms with E-state index in [0.717, 1.165) is 6.07 Å². The predicted octanol–water partition coefficient (Wildman–Crippen LogP) is 3.75. The van der Waals surface area contributed by atoms with Crippen LogP contribution in [-0.2, 0) is 9.47 Å². The van der Waals surface area contributed by atoms with Gasteiger partial charge in [-0.25, -0.2) is 14.0 Å². The first kappa shape index (κ1) is 19.8. The molecule has 0 radical (unpaired) electrons. The van der Waals surface area contributed by atoms with Gasteiger partial charge < -0.3 is 14.5 Å². The van der Waals surface area contributed by atoms with Crippen molar-refractivity contribution >= 4 is 33.7 Å². The summed E-state index contributed by atoms with van der Waals surface area (Å²) in [4.78, 5) is 39.3. The van der Waals surface area contributed by atoms with Gasteiger partial charge in [0, 0.05) is 10.2 Å². The number of aryl methyl sites for hydroxylation is 1. The Hall–Kier alpha value is -2.48. The van der Waals surface area contributed by atoms with Crippen LogP contribution in [0.5, 0.6) is 0 Å². The van der Waals surface area contributed by atoms with Crippen LogP contribution in [-0.4, -0.2) is 35.9 Å². The zero-order chi connectivity index (χ0) is 19.6. The van der Waals surface area contributed by atoms with Crippen molar-refractivity contribution in [3.05, 3.63) is 56.6 Å². The second kappa shape index (κ2) is 7.82. The first-order chi connectivity index (χ1) is 12.2. The summed E-state index contributed by atoms with van der Waals surface area (Å²) >= 11 is 3.10. The number of hydrogen-bond acceptors (Lipinski definition) is 5. The van der Waals surface area contributed by atoms with E-state index >= 15 is 0 Å². The zero-order valence-corrected chi connectivity index (χ0v) is 16.2. The van der Waals surface area contributed by atoms with E-state index in [0.29, 0.717) is 15.7 Å². The summed E-state index contributed by atoms with van der Waals surface area (Å²) in [6.45, 7) is 4.60. The molecule has 1 heterocycles. The van der Waals surface area contributed by atoms with E-state index < -0.39 is 29.6 Å². The average Bonchev–Trinajstić information content (AvgIpc) is 2.87. The minimum absolute atomic E-state index is 0.138. The molecule has 0 fully saturated rings. The number of rotatable bonds is 5. The van der Waals surface area contributed by atoms with Gasteiger partial charge in [0.2, 0.25) is 5.78 Å². The molecule has 0 bridgehead atoms. The molecule has 1 atom stereocenters. The van der Waals surface area contributed by atoms with Gasteiger partial charge in [0.1, 0.15) is 5.82 Å². The molecule has 1 N–H and O–H groups in total. The van der Waals surface area contributed by atoms with Crippen LogP contribution in [0.4, 0.5) is 4.39 Å². The van der Waals surface area contributed by atoms with Gasteiger partial charge in [0.15, 0.2) is 6.10 Å². The van der Waals surface area contributed by atoms with Crippen molar-refractivity contribution < 1.29 is 28.2 Å². The van der Waals surface area contributed by atoms with Crippen LogP contribution in [0.3, 0.4) is 0 Å². The van der Waals surface area contributed by atoms with Crippen molar-refractivity contribution in [3.63, 3.8) is 0 Å². The largest absolute Gasteiger partial charge is 0.465 e. The average molecular weight is 426 g/mol. The van der Waals surface area contributed by atoms with Crippen LogP contribution < -0.4 is 0 Å². The van der Waals surface area contributed by atoms with E-state index in [-0.39, 0.29) is 16.8 Å².